The predicted molar refractivity (Wildman–Crippen MR) is 99.4 cm³/mol. The van der Waals surface area contributed by atoms with E-state index in [1.54, 1.807) is 12.1 Å². The van der Waals surface area contributed by atoms with E-state index in [0.29, 0.717) is 34.3 Å². The Morgan fingerprint density at radius 1 is 1.00 bits per heavy atom. The maximum atomic E-state index is 11.8. The second kappa shape index (κ2) is 11.3. The molecule has 0 radical (unpaired) electrons. The molecule has 0 heterocycles. The van der Waals surface area contributed by atoms with Crippen molar-refractivity contribution in [1.82, 2.24) is 0 Å². The zero-order chi connectivity index (χ0) is 18.0. The van der Waals surface area contributed by atoms with Crippen LogP contribution in [0.25, 0.3) is 0 Å². The average Bonchev–Trinajstić information content (AvgIpc) is 2.45. The molecule has 1 rings (SSSR count). The van der Waals surface area contributed by atoms with Gasteiger partial charge < -0.3 is 10.6 Å². The second-order valence-corrected chi connectivity index (χ2v) is 6.07. The number of nitrogens with one attached hydrogen (secondary N) is 2. The molecule has 0 saturated carbocycles. The molecule has 0 aromatic heterocycles. The van der Waals surface area contributed by atoms with E-state index in [9.17, 15) is 9.59 Å². The summed E-state index contributed by atoms with van der Waals surface area (Å²) in [5, 5.41) is 6.09. The molecule has 0 fully saturated rings. The molecule has 23 heavy (non-hydrogen) atoms. The Balaban J connectivity index is 0.00000232. The second-order valence-electron chi connectivity index (χ2n) is 5.26. The lowest BCUT2D eigenvalue weighted by Crippen LogP contribution is -2.15. The van der Waals surface area contributed by atoms with Crippen molar-refractivity contribution >= 4 is 46.4 Å². The van der Waals surface area contributed by atoms with Crippen LogP contribution < -0.4 is 10.6 Å². The van der Waals surface area contributed by atoms with Crippen LogP contribution in [0.5, 0.6) is 0 Å². The van der Waals surface area contributed by atoms with Crippen LogP contribution in [0.3, 0.4) is 0 Å². The van der Waals surface area contributed by atoms with E-state index >= 15 is 0 Å². The Morgan fingerprint density at radius 2 is 1.43 bits per heavy atom. The molecule has 1 aromatic rings. The summed E-state index contributed by atoms with van der Waals surface area (Å²) in [6, 6.07) is 3.09. The number of halogens is 2. The SMILES string of the molecule is CC.CCCC(=O)Nc1cc(Cl)c(NC(=O)CC(C)C)cc1Cl. The van der Waals surface area contributed by atoms with Gasteiger partial charge in [-0.05, 0) is 24.5 Å². The Kier molecular flexibility index (Phi) is 10.7. The molecule has 2 amide bonds. The number of carbonyl (C=O) groups excluding carboxylic acids is 2. The van der Waals surface area contributed by atoms with Gasteiger partial charge in [0.2, 0.25) is 11.8 Å². The molecule has 0 unspecified atom stereocenters. The molecule has 4 nitrogen and oxygen atoms in total. The van der Waals surface area contributed by atoms with Crippen molar-refractivity contribution < 1.29 is 9.59 Å². The largest absolute Gasteiger partial charge is 0.325 e. The molecule has 130 valence electrons. The van der Waals surface area contributed by atoms with Crippen LogP contribution in [0.4, 0.5) is 11.4 Å². The fourth-order valence-electron chi connectivity index (χ4n) is 1.75. The zero-order valence-electron chi connectivity index (χ0n) is 14.4. The quantitative estimate of drug-likeness (QED) is 0.678. The molecule has 0 aliphatic rings. The van der Waals surface area contributed by atoms with Gasteiger partial charge in [0.25, 0.3) is 0 Å². The number of rotatable bonds is 6. The minimum atomic E-state index is -0.120. The van der Waals surface area contributed by atoms with Gasteiger partial charge in [0.1, 0.15) is 0 Å². The summed E-state index contributed by atoms with van der Waals surface area (Å²) in [6.07, 6.45) is 1.57. The van der Waals surface area contributed by atoms with Crippen LogP contribution >= 0.6 is 23.2 Å². The zero-order valence-corrected chi connectivity index (χ0v) is 15.9. The highest BCUT2D eigenvalue weighted by Gasteiger charge is 2.12. The van der Waals surface area contributed by atoms with Gasteiger partial charge in [0.05, 0.1) is 21.4 Å². The fraction of sp³-hybridized carbons (Fsp3) is 0.529. The van der Waals surface area contributed by atoms with Crippen LogP contribution in [0.15, 0.2) is 12.1 Å². The number of hydrogen-bond acceptors (Lipinski definition) is 2. The first-order valence-electron chi connectivity index (χ1n) is 7.92. The molecule has 2 N–H and O–H groups in total. The summed E-state index contributed by atoms with van der Waals surface area (Å²) >= 11 is 12.2. The average molecular weight is 361 g/mol. The molecule has 0 bridgehead atoms. The Bertz CT molecular complexity index is 532. The van der Waals surface area contributed by atoms with Gasteiger partial charge in [-0.15, -0.1) is 0 Å². The maximum absolute atomic E-state index is 11.8. The highest BCUT2D eigenvalue weighted by Crippen LogP contribution is 2.33. The van der Waals surface area contributed by atoms with Gasteiger partial charge in [0.15, 0.2) is 0 Å². The third kappa shape index (κ3) is 8.24. The topological polar surface area (TPSA) is 58.2 Å². The van der Waals surface area contributed by atoms with E-state index in [1.165, 1.54) is 0 Å². The molecule has 6 heteroatoms. The van der Waals surface area contributed by atoms with Crippen molar-refractivity contribution in [2.75, 3.05) is 10.6 Å². The van der Waals surface area contributed by atoms with E-state index in [-0.39, 0.29) is 17.7 Å². The van der Waals surface area contributed by atoms with E-state index < -0.39 is 0 Å². The van der Waals surface area contributed by atoms with Gasteiger partial charge in [-0.2, -0.15) is 0 Å². The number of hydrogen-bond donors (Lipinski definition) is 2. The first kappa shape index (κ1) is 21.7. The lowest BCUT2D eigenvalue weighted by Gasteiger charge is -2.12. The number of anilines is 2. The van der Waals surface area contributed by atoms with Gasteiger partial charge >= 0.3 is 0 Å². The minimum Gasteiger partial charge on any atom is -0.325 e. The van der Waals surface area contributed by atoms with Crippen molar-refractivity contribution in [3.05, 3.63) is 22.2 Å². The van der Waals surface area contributed by atoms with Crippen molar-refractivity contribution in [2.24, 2.45) is 5.92 Å². The molecular formula is C17H26Cl2N2O2. The Morgan fingerprint density at radius 3 is 1.83 bits per heavy atom. The molecule has 0 saturated heterocycles. The van der Waals surface area contributed by atoms with E-state index in [1.807, 2.05) is 34.6 Å². The first-order valence-corrected chi connectivity index (χ1v) is 8.67. The predicted octanol–water partition coefficient (Wildman–Crippen LogP) is 5.74. The summed E-state index contributed by atoms with van der Waals surface area (Å²) in [6.45, 7) is 9.84. The van der Waals surface area contributed by atoms with E-state index in [0.717, 1.165) is 6.42 Å². The Labute approximate surface area is 148 Å². The minimum absolute atomic E-state index is 0.118. The van der Waals surface area contributed by atoms with Crippen molar-refractivity contribution in [1.29, 1.82) is 0 Å². The maximum Gasteiger partial charge on any atom is 0.224 e. The van der Waals surface area contributed by atoms with Crippen molar-refractivity contribution in [3.63, 3.8) is 0 Å². The van der Waals surface area contributed by atoms with Crippen molar-refractivity contribution in [3.8, 4) is 0 Å². The number of amides is 2. The summed E-state index contributed by atoms with van der Waals surface area (Å²) in [4.78, 5) is 23.3. The fourth-order valence-corrected chi connectivity index (χ4v) is 2.17. The smallest absolute Gasteiger partial charge is 0.224 e. The van der Waals surface area contributed by atoms with E-state index in [2.05, 4.69) is 10.6 Å². The monoisotopic (exact) mass is 360 g/mol. The van der Waals surface area contributed by atoms with Gasteiger partial charge in [0, 0.05) is 12.8 Å². The van der Waals surface area contributed by atoms with Crippen LogP contribution in [0.1, 0.15) is 53.9 Å². The summed E-state index contributed by atoms with van der Waals surface area (Å²) in [5.41, 5.74) is 0.891. The van der Waals surface area contributed by atoms with Crippen molar-refractivity contribution in [2.45, 2.75) is 53.9 Å². The van der Waals surface area contributed by atoms with Crippen LogP contribution in [0.2, 0.25) is 10.0 Å². The van der Waals surface area contributed by atoms with Gasteiger partial charge in [-0.25, -0.2) is 0 Å². The molecule has 1 aromatic carbocycles. The lowest BCUT2D eigenvalue weighted by atomic mass is 10.1. The third-order valence-electron chi connectivity index (χ3n) is 2.68. The van der Waals surface area contributed by atoms with Crippen LogP contribution in [-0.2, 0) is 9.59 Å². The van der Waals surface area contributed by atoms with Gasteiger partial charge in [-0.1, -0.05) is 57.8 Å². The summed E-state index contributed by atoms with van der Waals surface area (Å²) in [7, 11) is 0. The van der Waals surface area contributed by atoms with Crippen LogP contribution in [-0.4, -0.2) is 11.8 Å². The third-order valence-corrected chi connectivity index (χ3v) is 3.30. The number of benzene rings is 1. The first-order chi connectivity index (χ1) is 10.8. The standard InChI is InChI=1S/C15H20Cl2N2O2.C2H6/c1-4-5-14(20)18-12-7-11(17)13(8-10(12)16)19-15(21)6-9(2)3;1-2/h7-9H,4-6H2,1-3H3,(H,18,20)(H,19,21);1-2H3. The van der Waals surface area contributed by atoms with Crippen LogP contribution in [0, 0.1) is 5.92 Å². The highest BCUT2D eigenvalue weighted by molar-refractivity contribution is 6.38. The Hall–Kier alpha value is -1.26. The molecule has 0 aliphatic carbocycles. The summed E-state index contributed by atoms with van der Waals surface area (Å²) < 4.78 is 0. The number of carbonyl (C=O) groups is 2. The highest BCUT2D eigenvalue weighted by atomic mass is 35.5. The molecule has 0 spiro atoms. The lowest BCUT2D eigenvalue weighted by molar-refractivity contribution is -0.117. The normalized spacial score (nSPS) is 9.91. The van der Waals surface area contributed by atoms with E-state index in [4.69, 9.17) is 23.2 Å². The summed E-state index contributed by atoms with van der Waals surface area (Å²) in [5.74, 6) is 0.0182. The van der Waals surface area contributed by atoms with Gasteiger partial charge in [-0.3, -0.25) is 9.59 Å². The molecule has 0 aliphatic heterocycles. The molecule has 0 atom stereocenters. The molecular weight excluding hydrogens is 335 g/mol.